The number of rotatable bonds is 5. The second-order valence-electron chi connectivity index (χ2n) is 13.5. The standard InChI is InChI=1S/C49H34N2/c1-33-23-26-49-42(29-33)41-20-9-11-22-46(41)51(49)45-21-10-8-19-40(45)38-17-12-18-39(30-38)50-47-27-24-36(34-13-4-2-5-14-34)31-43(47)44-32-37(25-28-48(44)50)35-15-6-3-7-16-35/h2-32H,1H3. The first-order chi connectivity index (χ1) is 25.2. The number of para-hydroxylation sites is 2. The zero-order valence-corrected chi connectivity index (χ0v) is 28.3. The van der Waals surface area contributed by atoms with Crippen LogP contribution in [0.1, 0.15) is 5.56 Å². The number of hydrogen-bond donors (Lipinski definition) is 0. The van der Waals surface area contributed by atoms with Crippen molar-refractivity contribution >= 4 is 43.6 Å². The SMILES string of the molecule is Cc1ccc2c(c1)c1ccccc1n2-c1ccccc1-c1cccc(-n2c3ccc(-c4ccccc4)cc3c3cc(-c4ccccc4)ccc32)c1. The summed E-state index contributed by atoms with van der Waals surface area (Å²) in [4.78, 5) is 0. The Balaban J connectivity index is 1.19. The van der Waals surface area contributed by atoms with E-state index >= 15 is 0 Å². The second kappa shape index (κ2) is 11.8. The second-order valence-corrected chi connectivity index (χ2v) is 13.5. The van der Waals surface area contributed by atoms with Crippen molar-refractivity contribution < 1.29 is 0 Å². The first kappa shape index (κ1) is 29.3. The molecule has 51 heavy (non-hydrogen) atoms. The molecule has 0 atom stereocenters. The summed E-state index contributed by atoms with van der Waals surface area (Å²) >= 11 is 0. The van der Waals surface area contributed by atoms with Gasteiger partial charge in [0.2, 0.25) is 0 Å². The highest BCUT2D eigenvalue weighted by Gasteiger charge is 2.18. The van der Waals surface area contributed by atoms with Crippen LogP contribution in [0.3, 0.4) is 0 Å². The average Bonchev–Trinajstić information content (AvgIpc) is 3.70. The largest absolute Gasteiger partial charge is 0.309 e. The molecule has 0 fully saturated rings. The molecule has 0 saturated heterocycles. The molecule has 10 aromatic rings. The van der Waals surface area contributed by atoms with Crippen molar-refractivity contribution in [2.45, 2.75) is 6.92 Å². The molecule has 0 bridgehead atoms. The lowest BCUT2D eigenvalue weighted by Crippen LogP contribution is -1.98. The van der Waals surface area contributed by atoms with Crippen molar-refractivity contribution in [1.82, 2.24) is 9.13 Å². The molecule has 0 unspecified atom stereocenters. The third kappa shape index (κ3) is 4.80. The Bertz CT molecular complexity index is 2810. The summed E-state index contributed by atoms with van der Waals surface area (Å²) in [7, 11) is 0. The van der Waals surface area contributed by atoms with Gasteiger partial charge < -0.3 is 9.13 Å². The molecule has 2 aromatic heterocycles. The lowest BCUT2D eigenvalue weighted by Gasteiger charge is -2.16. The van der Waals surface area contributed by atoms with E-state index in [4.69, 9.17) is 0 Å². The van der Waals surface area contributed by atoms with Crippen LogP contribution in [0, 0.1) is 6.92 Å². The lowest BCUT2D eigenvalue weighted by atomic mass is 10.0. The van der Waals surface area contributed by atoms with E-state index in [1.54, 1.807) is 0 Å². The van der Waals surface area contributed by atoms with Crippen LogP contribution in [0.2, 0.25) is 0 Å². The predicted molar refractivity (Wildman–Crippen MR) is 216 cm³/mol. The van der Waals surface area contributed by atoms with Gasteiger partial charge in [0.05, 0.1) is 27.8 Å². The van der Waals surface area contributed by atoms with E-state index in [9.17, 15) is 0 Å². The monoisotopic (exact) mass is 650 g/mol. The normalized spacial score (nSPS) is 11.6. The van der Waals surface area contributed by atoms with Gasteiger partial charge in [-0.1, -0.05) is 133 Å². The minimum Gasteiger partial charge on any atom is -0.309 e. The van der Waals surface area contributed by atoms with E-state index in [0.717, 1.165) is 5.69 Å². The maximum absolute atomic E-state index is 2.43. The molecule has 10 rings (SSSR count). The first-order valence-corrected chi connectivity index (χ1v) is 17.6. The molecule has 0 aliphatic carbocycles. The van der Waals surface area contributed by atoms with E-state index < -0.39 is 0 Å². The number of fused-ring (bicyclic) bond motifs is 6. The smallest absolute Gasteiger partial charge is 0.0541 e. The van der Waals surface area contributed by atoms with Gasteiger partial charge in [0.25, 0.3) is 0 Å². The van der Waals surface area contributed by atoms with E-state index in [-0.39, 0.29) is 0 Å². The van der Waals surface area contributed by atoms with E-state index in [0.29, 0.717) is 0 Å². The molecule has 8 aromatic carbocycles. The lowest BCUT2D eigenvalue weighted by molar-refractivity contribution is 1.17. The number of aryl methyl sites for hydroxylation is 1. The summed E-state index contributed by atoms with van der Waals surface area (Å²) < 4.78 is 4.87. The van der Waals surface area contributed by atoms with Crippen molar-refractivity contribution in [3.8, 4) is 44.8 Å². The fraction of sp³-hybridized carbons (Fsp3) is 0.0204. The van der Waals surface area contributed by atoms with Crippen LogP contribution < -0.4 is 0 Å². The molecule has 2 nitrogen and oxygen atoms in total. The van der Waals surface area contributed by atoms with Crippen LogP contribution in [-0.2, 0) is 0 Å². The van der Waals surface area contributed by atoms with Crippen LogP contribution in [0.15, 0.2) is 188 Å². The maximum atomic E-state index is 2.43. The van der Waals surface area contributed by atoms with E-state index in [1.165, 1.54) is 88.2 Å². The first-order valence-electron chi connectivity index (χ1n) is 17.6. The molecular weight excluding hydrogens is 617 g/mol. The van der Waals surface area contributed by atoms with Crippen LogP contribution in [0.4, 0.5) is 0 Å². The zero-order valence-electron chi connectivity index (χ0n) is 28.3. The summed E-state index contributed by atoms with van der Waals surface area (Å²) in [5.41, 5.74) is 15.7. The molecule has 0 aliphatic rings. The molecule has 0 amide bonds. The van der Waals surface area contributed by atoms with Gasteiger partial charge >= 0.3 is 0 Å². The quantitative estimate of drug-likeness (QED) is 0.175. The highest BCUT2D eigenvalue weighted by atomic mass is 15.0. The Labute approximate surface area is 297 Å². The Morgan fingerprint density at radius 3 is 1.55 bits per heavy atom. The Hall–Kier alpha value is -6.64. The molecule has 0 N–H and O–H groups in total. The highest BCUT2D eigenvalue weighted by Crippen LogP contribution is 2.40. The zero-order chi connectivity index (χ0) is 33.9. The number of benzene rings is 8. The van der Waals surface area contributed by atoms with Gasteiger partial charge in [-0.2, -0.15) is 0 Å². The summed E-state index contributed by atoms with van der Waals surface area (Å²) in [6.07, 6.45) is 0. The topological polar surface area (TPSA) is 9.86 Å². The van der Waals surface area contributed by atoms with Gasteiger partial charge in [0.15, 0.2) is 0 Å². The van der Waals surface area contributed by atoms with Crippen molar-refractivity contribution in [1.29, 1.82) is 0 Å². The van der Waals surface area contributed by atoms with Gasteiger partial charge in [-0.15, -0.1) is 0 Å². The summed E-state index contributed by atoms with van der Waals surface area (Å²) in [5.74, 6) is 0. The number of nitrogens with zero attached hydrogens (tertiary/aromatic N) is 2. The van der Waals surface area contributed by atoms with Crippen LogP contribution >= 0.6 is 0 Å². The fourth-order valence-corrected chi connectivity index (χ4v) is 7.99. The van der Waals surface area contributed by atoms with Gasteiger partial charge in [0, 0.05) is 32.8 Å². The van der Waals surface area contributed by atoms with Crippen LogP contribution in [0.25, 0.3) is 88.4 Å². The Morgan fingerprint density at radius 1 is 0.314 bits per heavy atom. The van der Waals surface area contributed by atoms with Gasteiger partial charge in [-0.3, -0.25) is 0 Å². The van der Waals surface area contributed by atoms with Crippen molar-refractivity contribution in [2.24, 2.45) is 0 Å². The summed E-state index contributed by atoms with van der Waals surface area (Å²) in [5, 5.41) is 5.05. The van der Waals surface area contributed by atoms with Crippen molar-refractivity contribution in [3.05, 3.63) is 194 Å². The molecule has 2 heterocycles. The summed E-state index contributed by atoms with van der Waals surface area (Å²) in [6.45, 7) is 2.17. The molecule has 0 spiro atoms. The molecule has 0 saturated carbocycles. The minimum atomic E-state index is 1.14. The average molecular weight is 651 g/mol. The number of aromatic nitrogens is 2. The molecular formula is C49H34N2. The van der Waals surface area contributed by atoms with Crippen LogP contribution in [-0.4, -0.2) is 9.13 Å². The van der Waals surface area contributed by atoms with Crippen molar-refractivity contribution in [3.63, 3.8) is 0 Å². The predicted octanol–water partition coefficient (Wildman–Crippen LogP) is 13.2. The highest BCUT2D eigenvalue weighted by molar-refractivity contribution is 6.12. The Kier molecular flexibility index (Phi) is 6.75. The van der Waals surface area contributed by atoms with Gasteiger partial charge in [0.1, 0.15) is 0 Å². The third-order valence-electron chi connectivity index (χ3n) is 10.4. The van der Waals surface area contributed by atoms with Gasteiger partial charge in [-0.05, 0) is 95.4 Å². The molecule has 0 radical (unpaired) electrons. The molecule has 240 valence electrons. The number of hydrogen-bond acceptors (Lipinski definition) is 0. The minimum absolute atomic E-state index is 1.14. The van der Waals surface area contributed by atoms with E-state index in [2.05, 4.69) is 204 Å². The molecule has 2 heteroatoms. The third-order valence-corrected chi connectivity index (χ3v) is 10.4. The van der Waals surface area contributed by atoms with Crippen LogP contribution in [0.5, 0.6) is 0 Å². The van der Waals surface area contributed by atoms with E-state index in [1.807, 2.05) is 0 Å². The maximum Gasteiger partial charge on any atom is 0.0541 e. The van der Waals surface area contributed by atoms with Crippen molar-refractivity contribution in [2.75, 3.05) is 0 Å². The molecule has 0 aliphatic heterocycles. The van der Waals surface area contributed by atoms with Gasteiger partial charge in [-0.25, -0.2) is 0 Å². The summed E-state index contributed by atoms with van der Waals surface area (Å²) in [6, 6.07) is 68.6. The fourth-order valence-electron chi connectivity index (χ4n) is 7.99. The Morgan fingerprint density at radius 2 is 0.843 bits per heavy atom.